The van der Waals surface area contributed by atoms with Gasteiger partial charge < -0.3 is 10.0 Å². The van der Waals surface area contributed by atoms with Crippen LogP contribution in [0.5, 0.6) is 5.88 Å². The summed E-state index contributed by atoms with van der Waals surface area (Å²) in [6.45, 7) is 9.88. The number of hydrogen-bond acceptors (Lipinski definition) is 5. The molecule has 1 rings (SSSR count). The molecule has 2 N–H and O–H groups in total. The topological polar surface area (TPSA) is 90.7 Å². The molecule has 0 fully saturated rings. The zero-order valence-corrected chi connectivity index (χ0v) is 15.0. The fourth-order valence-electron chi connectivity index (χ4n) is 2.49. The molecule has 0 atom stereocenters. The van der Waals surface area contributed by atoms with E-state index < -0.39 is 11.2 Å². The van der Waals surface area contributed by atoms with E-state index in [-0.39, 0.29) is 11.4 Å². The van der Waals surface area contributed by atoms with Crippen LogP contribution >= 0.6 is 0 Å². The highest BCUT2D eigenvalue weighted by molar-refractivity contribution is 5.81. The summed E-state index contributed by atoms with van der Waals surface area (Å²) in [6.07, 6.45) is 5.30. The summed E-state index contributed by atoms with van der Waals surface area (Å²) in [5.74, 6) is -0.299. The van der Waals surface area contributed by atoms with E-state index in [0.29, 0.717) is 13.1 Å². The van der Waals surface area contributed by atoms with Crippen LogP contribution in [0.4, 0.5) is 0 Å². The molecule has 0 aromatic carbocycles. The molecule has 1 heterocycles. The van der Waals surface area contributed by atoms with Gasteiger partial charge in [-0.2, -0.15) is 0 Å². The molecule has 0 unspecified atom stereocenters. The van der Waals surface area contributed by atoms with Crippen LogP contribution < -0.4 is 11.2 Å². The molecule has 0 aliphatic rings. The van der Waals surface area contributed by atoms with Gasteiger partial charge in [-0.05, 0) is 19.5 Å². The van der Waals surface area contributed by atoms with Crippen molar-refractivity contribution in [3.63, 3.8) is 0 Å². The van der Waals surface area contributed by atoms with Crippen molar-refractivity contribution in [1.82, 2.24) is 14.5 Å². The van der Waals surface area contributed by atoms with Gasteiger partial charge in [0.1, 0.15) is 5.56 Å². The molecule has 0 amide bonds. The van der Waals surface area contributed by atoms with E-state index in [2.05, 4.69) is 35.6 Å². The molecule has 0 saturated heterocycles. The molecule has 0 radical (unpaired) electrons. The molecule has 136 valence electrons. The average Bonchev–Trinajstić information content (AvgIpc) is 2.56. The number of aliphatic imine (C=N–C) groups is 1. The Kier molecular flexibility index (Phi) is 9.07. The lowest BCUT2D eigenvalue weighted by Gasteiger charge is -2.15. The van der Waals surface area contributed by atoms with Crippen LogP contribution in [0.1, 0.15) is 52.0 Å². The molecule has 1 aromatic rings. The molecular formula is C17H30N4O3. The van der Waals surface area contributed by atoms with Gasteiger partial charge in [0.25, 0.3) is 5.56 Å². The Bertz CT molecular complexity index is 630. The molecule has 0 saturated carbocycles. The van der Waals surface area contributed by atoms with E-state index in [1.807, 2.05) is 0 Å². The maximum atomic E-state index is 11.9. The van der Waals surface area contributed by atoms with Crippen molar-refractivity contribution in [3.8, 4) is 5.88 Å². The fourth-order valence-corrected chi connectivity index (χ4v) is 2.49. The summed E-state index contributed by atoms with van der Waals surface area (Å²) in [7, 11) is 0. The molecule has 24 heavy (non-hydrogen) atoms. The summed E-state index contributed by atoms with van der Waals surface area (Å²) in [5, 5.41) is 10.2. The lowest BCUT2D eigenvalue weighted by Crippen LogP contribution is -2.32. The van der Waals surface area contributed by atoms with Gasteiger partial charge in [0.2, 0.25) is 5.88 Å². The van der Waals surface area contributed by atoms with Crippen molar-refractivity contribution in [2.24, 2.45) is 4.99 Å². The minimum absolute atomic E-state index is 0.0460. The van der Waals surface area contributed by atoms with Crippen LogP contribution in [-0.4, -0.2) is 52.0 Å². The van der Waals surface area contributed by atoms with E-state index in [1.165, 1.54) is 10.8 Å². The van der Waals surface area contributed by atoms with Gasteiger partial charge in [-0.1, -0.05) is 40.0 Å². The van der Waals surface area contributed by atoms with E-state index in [9.17, 15) is 14.7 Å². The first-order valence-corrected chi connectivity index (χ1v) is 8.83. The Morgan fingerprint density at radius 2 is 1.88 bits per heavy atom. The van der Waals surface area contributed by atoms with Crippen molar-refractivity contribution in [2.75, 3.05) is 26.2 Å². The predicted molar refractivity (Wildman–Crippen MR) is 97.4 cm³/mol. The highest BCUT2D eigenvalue weighted by Gasteiger charge is 2.12. The van der Waals surface area contributed by atoms with E-state index >= 15 is 0 Å². The third kappa shape index (κ3) is 5.96. The van der Waals surface area contributed by atoms with E-state index in [0.717, 1.165) is 45.3 Å². The average molecular weight is 338 g/mol. The van der Waals surface area contributed by atoms with E-state index in [1.54, 1.807) is 0 Å². The van der Waals surface area contributed by atoms with Crippen LogP contribution in [0, 0.1) is 0 Å². The molecule has 1 aromatic heterocycles. The minimum Gasteiger partial charge on any atom is -0.494 e. The van der Waals surface area contributed by atoms with Gasteiger partial charge in [-0.15, -0.1) is 0 Å². The van der Waals surface area contributed by atoms with Gasteiger partial charge in [0.05, 0.1) is 6.54 Å². The SMILES string of the molecule is CCCCCCn1c(O)c(C=NCCN(CC)CC)c(=O)[nH]c1=O. The van der Waals surface area contributed by atoms with Crippen molar-refractivity contribution >= 4 is 6.21 Å². The maximum absolute atomic E-state index is 11.9. The number of nitrogens with zero attached hydrogens (tertiary/aromatic N) is 3. The normalized spacial score (nSPS) is 11.7. The number of rotatable bonds is 11. The summed E-state index contributed by atoms with van der Waals surface area (Å²) in [6, 6.07) is 0. The minimum atomic E-state index is -0.603. The molecular weight excluding hydrogens is 308 g/mol. The Labute approximate surface area is 143 Å². The number of unbranched alkanes of at least 4 members (excludes halogenated alkanes) is 3. The first-order chi connectivity index (χ1) is 11.5. The summed E-state index contributed by atoms with van der Waals surface area (Å²) >= 11 is 0. The lowest BCUT2D eigenvalue weighted by atomic mass is 10.2. The van der Waals surface area contributed by atoms with E-state index in [4.69, 9.17) is 0 Å². The Morgan fingerprint density at radius 1 is 1.17 bits per heavy atom. The standard InChI is InChI=1S/C17H30N4O3/c1-4-7-8-9-11-21-16(23)14(15(22)19-17(21)24)13-18-10-12-20(5-2)6-3/h13,23H,4-12H2,1-3H3,(H,19,22,24). The predicted octanol–water partition coefficient (Wildman–Crippen LogP) is 1.58. The molecule has 0 aliphatic carbocycles. The monoisotopic (exact) mass is 338 g/mol. The largest absolute Gasteiger partial charge is 0.494 e. The highest BCUT2D eigenvalue weighted by Crippen LogP contribution is 2.10. The van der Waals surface area contributed by atoms with Crippen LogP contribution in [0.15, 0.2) is 14.6 Å². The number of H-pyrrole nitrogens is 1. The summed E-state index contributed by atoms with van der Waals surface area (Å²) in [5.41, 5.74) is -1.13. The van der Waals surface area contributed by atoms with Crippen LogP contribution in [-0.2, 0) is 6.54 Å². The molecule has 7 nitrogen and oxygen atoms in total. The van der Waals surface area contributed by atoms with Crippen LogP contribution in [0.25, 0.3) is 0 Å². The number of aromatic hydroxyl groups is 1. The van der Waals surface area contributed by atoms with Crippen molar-refractivity contribution in [2.45, 2.75) is 53.0 Å². The Balaban J connectivity index is 2.83. The lowest BCUT2D eigenvalue weighted by molar-refractivity contribution is 0.313. The number of aromatic amines is 1. The maximum Gasteiger partial charge on any atom is 0.331 e. The number of likely N-dealkylation sites (N-methyl/N-ethyl adjacent to an activating group) is 1. The fraction of sp³-hybridized carbons (Fsp3) is 0.706. The molecule has 7 heteroatoms. The molecule has 0 bridgehead atoms. The molecule has 0 aliphatic heterocycles. The number of hydrogen-bond donors (Lipinski definition) is 2. The van der Waals surface area contributed by atoms with Crippen LogP contribution in [0.2, 0.25) is 0 Å². The van der Waals surface area contributed by atoms with Crippen molar-refractivity contribution in [3.05, 3.63) is 26.4 Å². The first kappa shape index (κ1) is 20.2. The second-order valence-electron chi connectivity index (χ2n) is 5.77. The summed E-state index contributed by atoms with van der Waals surface area (Å²) in [4.78, 5) is 32.5. The van der Waals surface area contributed by atoms with Gasteiger partial charge in [0, 0.05) is 19.3 Å². The highest BCUT2D eigenvalue weighted by atomic mass is 16.3. The smallest absolute Gasteiger partial charge is 0.331 e. The van der Waals surface area contributed by atoms with Crippen LogP contribution in [0.3, 0.4) is 0 Å². The Morgan fingerprint density at radius 3 is 2.50 bits per heavy atom. The molecule has 0 spiro atoms. The van der Waals surface area contributed by atoms with Gasteiger partial charge in [-0.25, -0.2) is 4.79 Å². The van der Waals surface area contributed by atoms with Gasteiger partial charge in [-0.3, -0.25) is 19.3 Å². The first-order valence-electron chi connectivity index (χ1n) is 8.83. The second kappa shape index (κ2) is 10.8. The number of aromatic nitrogens is 2. The van der Waals surface area contributed by atoms with Crippen molar-refractivity contribution < 1.29 is 5.11 Å². The zero-order chi connectivity index (χ0) is 17.9. The van der Waals surface area contributed by atoms with Gasteiger partial charge >= 0.3 is 5.69 Å². The number of nitrogens with one attached hydrogen (secondary N) is 1. The Hall–Kier alpha value is -1.89. The second-order valence-corrected chi connectivity index (χ2v) is 5.77. The third-order valence-corrected chi connectivity index (χ3v) is 4.10. The zero-order valence-electron chi connectivity index (χ0n) is 15.0. The van der Waals surface area contributed by atoms with Crippen molar-refractivity contribution in [1.29, 1.82) is 0 Å². The quantitative estimate of drug-likeness (QED) is 0.473. The third-order valence-electron chi connectivity index (χ3n) is 4.10. The van der Waals surface area contributed by atoms with Gasteiger partial charge in [0.15, 0.2) is 0 Å². The summed E-state index contributed by atoms with van der Waals surface area (Å²) < 4.78 is 1.21.